The van der Waals surface area contributed by atoms with Crippen LogP contribution in [-0.2, 0) is 11.2 Å². The smallest absolute Gasteiger partial charge is 0.224 e. The first kappa shape index (κ1) is 17.6. The van der Waals surface area contributed by atoms with Gasteiger partial charge in [0.05, 0.1) is 13.5 Å². The number of nitrogens with zero attached hydrogens (tertiary/aromatic N) is 1. The van der Waals surface area contributed by atoms with Crippen molar-refractivity contribution in [1.29, 1.82) is 0 Å². The van der Waals surface area contributed by atoms with Gasteiger partial charge in [-0.15, -0.1) is 0 Å². The molecule has 4 nitrogen and oxygen atoms in total. The number of amides is 1. The van der Waals surface area contributed by atoms with Gasteiger partial charge in [0.15, 0.2) is 0 Å². The van der Waals surface area contributed by atoms with Crippen LogP contribution in [0.15, 0.2) is 48.5 Å². The van der Waals surface area contributed by atoms with Crippen LogP contribution < -0.4 is 15.0 Å². The van der Waals surface area contributed by atoms with Crippen molar-refractivity contribution in [3.05, 3.63) is 59.1 Å². The van der Waals surface area contributed by atoms with E-state index in [1.165, 1.54) is 5.69 Å². The van der Waals surface area contributed by atoms with Crippen LogP contribution in [-0.4, -0.2) is 32.7 Å². The number of benzene rings is 2. The molecule has 2 aromatic carbocycles. The van der Waals surface area contributed by atoms with Gasteiger partial charge in [0, 0.05) is 30.3 Å². The third kappa shape index (κ3) is 4.89. The first-order chi connectivity index (χ1) is 12.1. The van der Waals surface area contributed by atoms with Crippen molar-refractivity contribution in [2.45, 2.75) is 12.8 Å². The Balaban J connectivity index is 1.44. The summed E-state index contributed by atoms with van der Waals surface area (Å²) in [5.41, 5.74) is 2.18. The monoisotopic (exact) mass is 358 g/mol. The molecule has 1 N–H and O–H groups in total. The second-order valence-electron chi connectivity index (χ2n) is 6.41. The Bertz CT molecular complexity index is 701. The fraction of sp³-hybridized carbons (Fsp3) is 0.350. The van der Waals surface area contributed by atoms with E-state index in [9.17, 15) is 4.79 Å². The summed E-state index contributed by atoms with van der Waals surface area (Å²) in [6.45, 7) is 2.70. The molecule has 1 amide bonds. The van der Waals surface area contributed by atoms with Crippen LogP contribution in [0.1, 0.15) is 12.0 Å². The number of hydrogen-bond acceptors (Lipinski definition) is 3. The minimum atomic E-state index is 0.0649. The molecule has 1 heterocycles. The largest absolute Gasteiger partial charge is 0.497 e. The van der Waals surface area contributed by atoms with E-state index in [1.54, 1.807) is 7.11 Å². The molecule has 0 spiro atoms. The molecule has 5 heteroatoms. The van der Waals surface area contributed by atoms with Crippen molar-refractivity contribution in [3.8, 4) is 5.75 Å². The lowest BCUT2D eigenvalue weighted by atomic mass is 10.1. The molecule has 2 aromatic rings. The Hall–Kier alpha value is -2.20. The van der Waals surface area contributed by atoms with Crippen LogP contribution in [0.2, 0.25) is 5.02 Å². The van der Waals surface area contributed by atoms with Crippen molar-refractivity contribution >= 4 is 23.2 Å². The Morgan fingerprint density at radius 3 is 2.60 bits per heavy atom. The molecule has 1 unspecified atom stereocenters. The second-order valence-corrected chi connectivity index (χ2v) is 6.84. The molecule has 1 aliphatic heterocycles. The maximum atomic E-state index is 12.1. The summed E-state index contributed by atoms with van der Waals surface area (Å²) >= 11 is 5.94. The van der Waals surface area contributed by atoms with Crippen LogP contribution in [0.25, 0.3) is 0 Å². The minimum Gasteiger partial charge on any atom is -0.497 e. The molecule has 0 saturated carbocycles. The van der Waals surface area contributed by atoms with E-state index in [-0.39, 0.29) is 5.91 Å². The van der Waals surface area contributed by atoms with Crippen LogP contribution in [0.3, 0.4) is 0 Å². The minimum absolute atomic E-state index is 0.0649. The SMILES string of the molecule is COc1ccc(CC(=O)NCC2CCN(c3ccc(Cl)cc3)C2)cc1. The maximum Gasteiger partial charge on any atom is 0.224 e. The van der Waals surface area contributed by atoms with E-state index < -0.39 is 0 Å². The van der Waals surface area contributed by atoms with Crippen molar-refractivity contribution in [1.82, 2.24) is 5.32 Å². The average molecular weight is 359 g/mol. The van der Waals surface area contributed by atoms with Crippen molar-refractivity contribution in [2.75, 3.05) is 31.6 Å². The molecular formula is C20H23ClN2O2. The Morgan fingerprint density at radius 1 is 1.20 bits per heavy atom. The lowest BCUT2D eigenvalue weighted by Crippen LogP contribution is -2.32. The first-order valence-electron chi connectivity index (χ1n) is 8.54. The van der Waals surface area contributed by atoms with E-state index in [1.807, 2.05) is 48.5 Å². The number of carbonyl (C=O) groups excluding carboxylic acids is 1. The molecular weight excluding hydrogens is 336 g/mol. The fourth-order valence-electron chi connectivity index (χ4n) is 3.14. The normalized spacial score (nSPS) is 16.7. The molecule has 1 atom stereocenters. The van der Waals surface area contributed by atoms with E-state index in [4.69, 9.17) is 16.3 Å². The van der Waals surface area contributed by atoms with Crippen LogP contribution in [0.5, 0.6) is 5.75 Å². The van der Waals surface area contributed by atoms with Crippen LogP contribution >= 0.6 is 11.6 Å². The fourth-order valence-corrected chi connectivity index (χ4v) is 3.26. The summed E-state index contributed by atoms with van der Waals surface area (Å²) in [5.74, 6) is 1.35. The topological polar surface area (TPSA) is 41.6 Å². The van der Waals surface area contributed by atoms with Crippen molar-refractivity contribution < 1.29 is 9.53 Å². The van der Waals surface area contributed by atoms with Crippen molar-refractivity contribution in [3.63, 3.8) is 0 Å². The lowest BCUT2D eigenvalue weighted by molar-refractivity contribution is -0.120. The number of anilines is 1. The number of rotatable bonds is 6. The molecule has 0 aliphatic carbocycles. The molecule has 3 rings (SSSR count). The zero-order valence-electron chi connectivity index (χ0n) is 14.4. The third-order valence-electron chi connectivity index (χ3n) is 4.59. The number of nitrogens with one attached hydrogen (secondary N) is 1. The highest BCUT2D eigenvalue weighted by Gasteiger charge is 2.23. The van der Waals surface area contributed by atoms with Gasteiger partial charge < -0.3 is 15.0 Å². The highest BCUT2D eigenvalue weighted by atomic mass is 35.5. The summed E-state index contributed by atoms with van der Waals surface area (Å²) in [7, 11) is 1.64. The Labute approximate surface area is 153 Å². The van der Waals surface area contributed by atoms with Gasteiger partial charge in [-0.3, -0.25) is 4.79 Å². The molecule has 132 valence electrons. The zero-order chi connectivity index (χ0) is 17.6. The Morgan fingerprint density at radius 2 is 1.92 bits per heavy atom. The molecule has 1 fully saturated rings. The maximum absolute atomic E-state index is 12.1. The summed E-state index contributed by atoms with van der Waals surface area (Å²) in [4.78, 5) is 14.5. The number of methoxy groups -OCH3 is 1. The number of ether oxygens (including phenoxy) is 1. The van der Waals surface area contributed by atoms with Gasteiger partial charge in [-0.1, -0.05) is 23.7 Å². The summed E-state index contributed by atoms with van der Waals surface area (Å²) in [6.07, 6.45) is 1.49. The van der Waals surface area contributed by atoms with Gasteiger partial charge in [0.2, 0.25) is 5.91 Å². The lowest BCUT2D eigenvalue weighted by Gasteiger charge is -2.19. The van der Waals surface area contributed by atoms with Crippen LogP contribution in [0, 0.1) is 5.92 Å². The van der Waals surface area contributed by atoms with Gasteiger partial charge in [0.25, 0.3) is 0 Å². The molecule has 0 radical (unpaired) electrons. The van der Waals surface area contributed by atoms with E-state index in [0.29, 0.717) is 12.3 Å². The number of carbonyl (C=O) groups is 1. The molecule has 1 aliphatic rings. The molecule has 1 saturated heterocycles. The summed E-state index contributed by atoms with van der Waals surface area (Å²) in [5, 5.41) is 3.82. The van der Waals surface area contributed by atoms with E-state index >= 15 is 0 Å². The predicted octanol–water partition coefficient (Wildman–Crippen LogP) is 3.53. The van der Waals surface area contributed by atoms with Gasteiger partial charge >= 0.3 is 0 Å². The number of hydrogen-bond donors (Lipinski definition) is 1. The average Bonchev–Trinajstić information content (AvgIpc) is 3.10. The summed E-state index contributed by atoms with van der Waals surface area (Å²) in [6, 6.07) is 15.5. The molecule has 0 bridgehead atoms. The van der Waals surface area contributed by atoms with Gasteiger partial charge in [0.1, 0.15) is 5.75 Å². The highest BCUT2D eigenvalue weighted by molar-refractivity contribution is 6.30. The quantitative estimate of drug-likeness (QED) is 0.858. The standard InChI is InChI=1S/C20H23ClN2O2/c1-25-19-8-2-15(3-9-19)12-20(24)22-13-16-10-11-23(14-16)18-6-4-17(21)5-7-18/h2-9,16H,10-14H2,1H3,(H,22,24). The van der Waals surface area contributed by atoms with Crippen molar-refractivity contribution in [2.24, 2.45) is 5.92 Å². The number of halogens is 1. The zero-order valence-corrected chi connectivity index (χ0v) is 15.1. The first-order valence-corrected chi connectivity index (χ1v) is 8.92. The van der Waals surface area contributed by atoms with Gasteiger partial charge in [-0.2, -0.15) is 0 Å². The Kier molecular flexibility index (Phi) is 5.82. The van der Waals surface area contributed by atoms with Gasteiger partial charge in [-0.05, 0) is 54.3 Å². The molecule has 0 aromatic heterocycles. The van der Waals surface area contributed by atoms with Crippen LogP contribution in [0.4, 0.5) is 5.69 Å². The summed E-state index contributed by atoms with van der Waals surface area (Å²) < 4.78 is 5.13. The predicted molar refractivity (Wildman–Crippen MR) is 101 cm³/mol. The molecule has 25 heavy (non-hydrogen) atoms. The van der Waals surface area contributed by atoms with E-state index in [2.05, 4.69) is 10.2 Å². The second kappa shape index (κ2) is 8.26. The van der Waals surface area contributed by atoms with Gasteiger partial charge in [-0.25, -0.2) is 0 Å². The third-order valence-corrected chi connectivity index (χ3v) is 4.84. The van der Waals surface area contributed by atoms with E-state index in [0.717, 1.165) is 42.4 Å². The highest BCUT2D eigenvalue weighted by Crippen LogP contribution is 2.24.